The van der Waals surface area contributed by atoms with E-state index in [1.807, 2.05) is 17.8 Å². The van der Waals surface area contributed by atoms with Crippen LogP contribution in [-0.4, -0.2) is 25.1 Å². The van der Waals surface area contributed by atoms with E-state index in [0.29, 0.717) is 0 Å². The first-order valence-electron chi connectivity index (χ1n) is 5.25. The summed E-state index contributed by atoms with van der Waals surface area (Å²) in [6.45, 7) is 4.23. The fourth-order valence-corrected chi connectivity index (χ4v) is 1.69. The molecule has 0 fully saturated rings. The van der Waals surface area contributed by atoms with Gasteiger partial charge in [-0.05, 0) is 18.7 Å². The van der Waals surface area contributed by atoms with Gasteiger partial charge in [-0.1, -0.05) is 42.0 Å². The van der Waals surface area contributed by atoms with Gasteiger partial charge in [-0.15, -0.1) is 12.4 Å². The molecule has 0 amide bonds. The molecule has 0 aliphatic carbocycles. The Hall–Kier alpha value is -0.440. The van der Waals surface area contributed by atoms with E-state index < -0.39 is 0 Å². The molecule has 0 atom stereocenters. The van der Waals surface area contributed by atoms with Crippen LogP contribution in [0.4, 0.5) is 0 Å². The third kappa shape index (κ3) is 6.94. The van der Waals surface area contributed by atoms with Crippen LogP contribution < -0.4 is 5.32 Å². The molecular weight excluding hydrogens is 238 g/mol. The number of halogens is 1. The van der Waals surface area contributed by atoms with Crippen LogP contribution in [0, 0.1) is 0 Å². The Kier molecular flexibility index (Phi) is 9.49. The monoisotopic (exact) mass is 257 g/mol. The predicted molar refractivity (Wildman–Crippen MR) is 78.6 cm³/mol. The van der Waals surface area contributed by atoms with Gasteiger partial charge >= 0.3 is 0 Å². The maximum Gasteiger partial charge on any atom is 0.0165 e. The van der Waals surface area contributed by atoms with Crippen molar-refractivity contribution < 1.29 is 0 Å². The summed E-state index contributed by atoms with van der Waals surface area (Å²) in [7, 11) is 0. The Balaban J connectivity index is 0.00000225. The zero-order valence-electron chi connectivity index (χ0n) is 9.90. The van der Waals surface area contributed by atoms with E-state index in [0.717, 1.165) is 13.1 Å². The number of hydrogen-bond donors (Lipinski definition) is 1. The summed E-state index contributed by atoms with van der Waals surface area (Å²) >= 11 is 1.88. The topological polar surface area (TPSA) is 12.0 Å². The van der Waals surface area contributed by atoms with E-state index >= 15 is 0 Å². The molecule has 0 saturated carbocycles. The van der Waals surface area contributed by atoms with Gasteiger partial charge in [0.15, 0.2) is 0 Å². The number of thioether (sulfide) groups is 1. The van der Waals surface area contributed by atoms with E-state index in [2.05, 4.69) is 48.8 Å². The zero-order valence-corrected chi connectivity index (χ0v) is 11.5. The van der Waals surface area contributed by atoms with Gasteiger partial charge in [-0.25, -0.2) is 0 Å². The maximum atomic E-state index is 3.42. The van der Waals surface area contributed by atoms with Crippen LogP contribution in [0.2, 0.25) is 0 Å². The molecule has 0 saturated heterocycles. The molecule has 0 aliphatic rings. The molecule has 0 unspecified atom stereocenters. The normalized spacial score (nSPS) is 11.0. The lowest BCUT2D eigenvalue weighted by molar-refractivity contribution is 0.785. The average Bonchev–Trinajstić information content (AvgIpc) is 2.26. The van der Waals surface area contributed by atoms with E-state index in [4.69, 9.17) is 0 Å². The van der Waals surface area contributed by atoms with Crippen molar-refractivity contribution in [2.45, 2.75) is 6.92 Å². The van der Waals surface area contributed by atoms with Crippen molar-refractivity contribution in [1.82, 2.24) is 5.32 Å². The lowest BCUT2D eigenvalue weighted by Crippen LogP contribution is -2.18. The number of nitrogens with one attached hydrogen (secondary N) is 1. The molecule has 1 aromatic rings. The summed E-state index contributed by atoms with van der Waals surface area (Å²) in [6, 6.07) is 10.4. The van der Waals surface area contributed by atoms with Gasteiger partial charge < -0.3 is 5.32 Å². The summed E-state index contributed by atoms with van der Waals surface area (Å²) in [5, 5.41) is 3.42. The summed E-state index contributed by atoms with van der Waals surface area (Å²) in [6.07, 6.45) is 4.36. The van der Waals surface area contributed by atoms with Crippen LogP contribution >= 0.6 is 24.2 Å². The molecule has 0 spiro atoms. The number of rotatable bonds is 6. The zero-order chi connectivity index (χ0) is 10.9. The number of benzene rings is 1. The molecule has 0 heterocycles. The van der Waals surface area contributed by atoms with E-state index in [9.17, 15) is 0 Å². The molecule has 0 radical (unpaired) electrons. The van der Waals surface area contributed by atoms with Crippen LogP contribution in [-0.2, 0) is 0 Å². The maximum absolute atomic E-state index is 3.42. The second-order valence-corrected chi connectivity index (χ2v) is 4.56. The van der Waals surface area contributed by atoms with Gasteiger partial charge in [-0.3, -0.25) is 0 Å². The van der Waals surface area contributed by atoms with Gasteiger partial charge in [0, 0.05) is 18.8 Å². The molecule has 1 rings (SSSR count). The van der Waals surface area contributed by atoms with Gasteiger partial charge in [0.05, 0.1) is 0 Å². The Morgan fingerprint density at radius 3 is 2.62 bits per heavy atom. The lowest BCUT2D eigenvalue weighted by Gasteiger charge is -2.03. The molecule has 0 bridgehead atoms. The first-order valence-corrected chi connectivity index (χ1v) is 6.64. The van der Waals surface area contributed by atoms with Gasteiger partial charge in [0.1, 0.15) is 0 Å². The summed E-state index contributed by atoms with van der Waals surface area (Å²) in [5.74, 6) is 1.18. The van der Waals surface area contributed by atoms with E-state index in [1.54, 1.807) is 0 Å². The van der Waals surface area contributed by atoms with Crippen LogP contribution in [0.3, 0.4) is 0 Å². The Bertz CT molecular complexity index is 298. The van der Waals surface area contributed by atoms with Gasteiger partial charge in [0.25, 0.3) is 0 Å². The van der Waals surface area contributed by atoms with Crippen LogP contribution in [0.1, 0.15) is 12.5 Å². The first-order chi connectivity index (χ1) is 7.33. The Labute approximate surface area is 109 Å². The summed E-state index contributed by atoms with van der Waals surface area (Å²) in [5.41, 5.74) is 2.66. The van der Waals surface area contributed by atoms with Crippen molar-refractivity contribution in [3.05, 3.63) is 41.5 Å². The standard InChI is InChI=1S/C13H19NS.ClH/c1-12(11-14-8-9-15-2)10-13-6-4-3-5-7-13;/h3-7,10,14H,8-9,11H2,1-2H3;1H/b12-10+;. The highest BCUT2D eigenvalue weighted by molar-refractivity contribution is 7.98. The predicted octanol–water partition coefficient (Wildman–Crippen LogP) is 3.46. The van der Waals surface area contributed by atoms with Crippen molar-refractivity contribution in [3.8, 4) is 0 Å². The van der Waals surface area contributed by atoms with Crippen LogP contribution in [0.15, 0.2) is 35.9 Å². The first kappa shape index (κ1) is 15.6. The smallest absolute Gasteiger partial charge is 0.0165 e. The fourth-order valence-electron chi connectivity index (χ4n) is 1.34. The number of hydrogen-bond acceptors (Lipinski definition) is 2. The Morgan fingerprint density at radius 2 is 2.00 bits per heavy atom. The second kappa shape index (κ2) is 9.76. The quantitative estimate of drug-likeness (QED) is 0.784. The SMILES string of the molecule is CSCCNC/C(C)=C/c1ccccc1.Cl. The second-order valence-electron chi connectivity index (χ2n) is 3.57. The molecule has 1 nitrogen and oxygen atoms in total. The fraction of sp³-hybridized carbons (Fsp3) is 0.385. The highest BCUT2D eigenvalue weighted by atomic mass is 35.5. The third-order valence-corrected chi connectivity index (χ3v) is 2.71. The van der Waals surface area contributed by atoms with Crippen molar-refractivity contribution >= 4 is 30.2 Å². The van der Waals surface area contributed by atoms with Gasteiger partial charge in [0.2, 0.25) is 0 Å². The highest BCUT2D eigenvalue weighted by Crippen LogP contribution is 2.04. The molecule has 90 valence electrons. The largest absolute Gasteiger partial charge is 0.312 e. The van der Waals surface area contributed by atoms with Crippen molar-refractivity contribution in [1.29, 1.82) is 0 Å². The van der Waals surface area contributed by atoms with Crippen LogP contribution in [0.25, 0.3) is 6.08 Å². The molecule has 3 heteroatoms. The molecular formula is C13H20ClNS. The minimum atomic E-state index is 0. The molecule has 16 heavy (non-hydrogen) atoms. The third-order valence-electron chi connectivity index (χ3n) is 2.10. The average molecular weight is 258 g/mol. The minimum Gasteiger partial charge on any atom is -0.312 e. The molecule has 0 aromatic heterocycles. The minimum absolute atomic E-state index is 0. The molecule has 1 N–H and O–H groups in total. The van der Waals surface area contributed by atoms with E-state index in [-0.39, 0.29) is 12.4 Å². The van der Waals surface area contributed by atoms with Crippen molar-refractivity contribution in [2.75, 3.05) is 25.1 Å². The summed E-state index contributed by atoms with van der Waals surface area (Å²) < 4.78 is 0. The van der Waals surface area contributed by atoms with Crippen molar-refractivity contribution in [2.24, 2.45) is 0 Å². The van der Waals surface area contributed by atoms with Gasteiger partial charge in [-0.2, -0.15) is 11.8 Å². The lowest BCUT2D eigenvalue weighted by atomic mass is 10.1. The Morgan fingerprint density at radius 1 is 1.31 bits per heavy atom. The van der Waals surface area contributed by atoms with Crippen molar-refractivity contribution in [3.63, 3.8) is 0 Å². The molecule has 1 aromatic carbocycles. The van der Waals surface area contributed by atoms with Crippen LogP contribution in [0.5, 0.6) is 0 Å². The molecule has 0 aliphatic heterocycles. The van der Waals surface area contributed by atoms with E-state index in [1.165, 1.54) is 16.9 Å². The highest BCUT2D eigenvalue weighted by Gasteiger charge is 1.91. The summed E-state index contributed by atoms with van der Waals surface area (Å²) in [4.78, 5) is 0.